The molecule has 0 saturated heterocycles. The van der Waals surface area contributed by atoms with Crippen LogP contribution < -0.4 is 5.32 Å². The van der Waals surface area contributed by atoms with E-state index in [9.17, 15) is 20.0 Å². The number of rotatable bonds is 6. The van der Waals surface area contributed by atoms with Crippen LogP contribution in [0.15, 0.2) is 91.0 Å². The largest absolute Gasteiger partial charge is 0.508 e. The molecule has 1 amide bonds. The van der Waals surface area contributed by atoms with Gasteiger partial charge in [0, 0.05) is 11.6 Å². The Morgan fingerprint density at radius 1 is 0.938 bits per heavy atom. The summed E-state index contributed by atoms with van der Waals surface area (Å²) in [4.78, 5) is 23.9. The quantitative estimate of drug-likeness (QED) is 0.313. The van der Waals surface area contributed by atoms with E-state index in [1.807, 2.05) is 42.5 Å². The fourth-order valence-electron chi connectivity index (χ4n) is 3.67. The van der Waals surface area contributed by atoms with Crippen molar-refractivity contribution < 1.29 is 19.6 Å². The molecule has 2 N–H and O–H groups in total. The standard InChI is InChI=1S/C25H20N2O5/c28-22-15-14-18-10-4-5-11-19(18)23(22)24(20-12-6-7-13-21(20)27(30)31)26-25(29)32-16-17-8-2-1-3-9-17/h1-15,24,28H,16H2,(H,26,29). The molecule has 0 aliphatic heterocycles. The Morgan fingerprint density at radius 3 is 2.41 bits per heavy atom. The number of alkyl carbamates (subject to hydrolysis) is 1. The molecule has 0 radical (unpaired) electrons. The SMILES string of the molecule is O=C(NC(c1ccccc1[N+](=O)[O-])c1c(O)ccc2ccccc12)OCc1ccccc1. The molecule has 0 aliphatic rings. The number of phenolic OH excluding ortho intramolecular Hbond substituents is 1. The Morgan fingerprint density at radius 2 is 1.62 bits per heavy atom. The van der Waals surface area contributed by atoms with Crippen molar-refractivity contribution in [3.8, 4) is 5.75 Å². The summed E-state index contributed by atoms with van der Waals surface area (Å²) in [5.74, 6) is -0.0878. The maximum absolute atomic E-state index is 12.7. The van der Waals surface area contributed by atoms with Crippen molar-refractivity contribution in [1.82, 2.24) is 5.32 Å². The number of hydrogen-bond acceptors (Lipinski definition) is 5. The molecule has 160 valence electrons. The maximum atomic E-state index is 12.7. The van der Waals surface area contributed by atoms with E-state index in [2.05, 4.69) is 5.32 Å². The second kappa shape index (κ2) is 9.18. The molecular formula is C25H20N2O5. The second-order valence-electron chi connectivity index (χ2n) is 7.17. The molecule has 7 heteroatoms. The first-order valence-corrected chi connectivity index (χ1v) is 9.95. The van der Waals surface area contributed by atoms with E-state index >= 15 is 0 Å². The molecule has 4 aromatic carbocycles. The molecule has 0 aliphatic carbocycles. The van der Waals surface area contributed by atoms with Gasteiger partial charge in [0.15, 0.2) is 0 Å². The number of benzene rings is 4. The van der Waals surface area contributed by atoms with Crippen molar-refractivity contribution in [2.45, 2.75) is 12.6 Å². The fraction of sp³-hybridized carbons (Fsp3) is 0.0800. The molecule has 0 fully saturated rings. The molecule has 32 heavy (non-hydrogen) atoms. The molecule has 4 aromatic rings. The number of nitro benzene ring substituents is 1. The van der Waals surface area contributed by atoms with Crippen LogP contribution in [0.1, 0.15) is 22.7 Å². The first kappa shape index (κ1) is 20.9. The van der Waals surface area contributed by atoms with Gasteiger partial charge in [-0.1, -0.05) is 72.8 Å². The van der Waals surface area contributed by atoms with E-state index in [1.165, 1.54) is 12.1 Å². The van der Waals surface area contributed by atoms with Gasteiger partial charge in [-0.15, -0.1) is 0 Å². The zero-order valence-electron chi connectivity index (χ0n) is 17.0. The minimum Gasteiger partial charge on any atom is -0.508 e. The lowest BCUT2D eigenvalue weighted by Gasteiger charge is -2.22. The number of carbonyl (C=O) groups excluding carboxylic acids is 1. The van der Waals surface area contributed by atoms with Gasteiger partial charge in [-0.05, 0) is 28.5 Å². The smallest absolute Gasteiger partial charge is 0.408 e. The Bertz CT molecular complexity index is 1270. The van der Waals surface area contributed by atoms with Gasteiger partial charge in [0.1, 0.15) is 12.4 Å². The lowest BCUT2D eigenvalue weighted by molar-refractivity contribution is -0.385. The highest BCUT2D eigenvalue weighted by Crippen LogP contribution is 2.38. The molecule has 0 spiro atoms. The van der Waals surface area contributed by atoms with E-state index in [1.54, 1.807) is 36.4 Å². The number of amides is 1. The third-order valence-corrected chi connectivity index (χ3v) is 5.16. The van der Waals surface area contributed by atoms with E-state index in [-0.39, 0.29) is 23.6 Å². The topological polar surface area (TPSA) is 102 Å². The summed E-state index contributed by atoms with van der Waals surface area (Å²) >= 11 is 0. The Labute approximate surface area is 184 Å². The van der Waals surface area contributed by atoms with Gasteiger partial charge in [0.25, 0.3) is 5.69 Å². The van der Waals surface area contributed by atoms with Crippen molar-refractivity contribution in [1.29, 1.82) is 0 Å². The number of nitro groups is 1. The van der Waals surface area contributed by atoms with Crippen LogP contribution in [0, 0.1) is 10.1 Å². The summed E-state index contributed by atoms with van der Waals surface area (Å²) in [6.45, 7) is 0.0395. The molecule has 0 aromatic heterocycles. The van der Waals surface area contributed by atoms with Gasteiger partial charge >= 0.3 is 6.09 Å². The van der Waals surface area contributed by atoms with Crippen molar-refractivity contribution >= 4 is 22.6 Å². The third-order valence-electron chi connectivity index (χ3n) is 5.16. The number of hydrogen-bond donors (Lipinski definition) is 2. The average molecular weight is 428 g/mol. The first-order chi connectivity index (χ1) is 15.5. The molecule has 7 nitrogen and oxygen atoms in total. The summed E-state index contributed by atoms with van der Waals surface area (Å²) < 4.78 is 5.35. The predicted molar refractivity (Wildman–Crippen MR) is 120 cm³/mol. The number of carbonyl (C=O) groups is 1. The van der Waals surface area contributed by atoms with E-state index in [0.717, 1.165) is 10.9 Å². The number of phenols is 1. The lowest BCUT2D eigenvalue weighted by atomic mass is 9.92. The van der Waals surface area contributed by atoms with Crippen molar-refractivity contribution in [3.05, 3.63) is 118 Å². The van der Waals surface area contributed by atoms with Gasteiger partial charge in [0.05, 0.1) is 16.5 Å². The van der Waals surface area contributed by atoms with Crippen LogP contribution in [-0.2, 0) is 11.3 Å². The normalized spacial score (nSPS) is 11.6. The molecule has 1 atom stereocenters. The molecule has 4 rings (SSSR count). The van der Waals surface area contributed by atoms with Crippen LogP contribution in [0.4, 0.5) is 10.5 Å². The Hall–Kier alpha value is -4.39. The number of fused-ring (bicyclic) bond motifs is 1. The highest BCUT2D eigenvalue weighted by Gasteiger charge is 2.29. The number of nitrogens with zero attached hydrogens (tertiary/aromatic N) is 1. The first-order valence-electron chi connectivity index (χ1n) is 9.95. The predicted octanol–water partition coefficient (Wildman–Crippen LogP) is 5.47. The zero-order chi connectivity index (χ0) is 22.5. The van der Waals surface area contributed by atoms with Crippen LogP contribution in [0.25, 0.3) is 10.8 Å². The summed E-state index contributed by atoms with van der Waals surface area (Å²) in [6.07, 6.45) is -0.760. The molecule has 0 bridgehead atoms. The summed E-state index contributed by atoms with van der Waals surface area (Å²) in [7, 11) is 0. The molecule has 0 heterocycles. The Kier molecular flexibility index (Phi) is 5.98. The number of nitrogens with one attached hydrogen (secondary N) is 1. The highest BCUT2D eigenvalue weighted by molar-refractivity contribution is 5.89. The van der Waals surface area contributed by atoms with Crippen molar-refractivity contribution in [2.24, 2.45) is 0 Å². The summed E-state index contributed by atoms with van der Waals surface area (Å²) in [5.41, 5.74) is 1.22. The minimum atomic E-state index is -1.01. The summed E-state index contributed by atoms with van der Waals surface area (Å²) in [5, 5.41) is 26.6. The van der Waals surface area contributed by atoms with E-state index < -0.39 is 17.1 Å². The van der Waals surface area contributed by atoms with Crippen molar-refractivity contribution in [2.75, 3.05) is 0 Å². The van der Waals surface area contributed by atoms with Gasteiger partial charge in [-0.2, -0.15) is 0 Å². The van der Waals surface area contributed by atoms with E-state index in [0.29, 0.717) is 10.9 Å². The van der Waals surface area contributed by atoms with Gasteiger partial charge in [-0.3, -0.25) is 10.1 Å². The van der Waals surface area contributed by atoms with Gasteiger partial charge in [0.2, 0.25) is 0 Å². The van der Waals surface area contributed by atoms with Crippen LogP contribution in [0.5, 0.6) is 5.75 Å². The van der Waals surface area contributed by atoms with Gasteiger partial charge < -0.3 is 15.2 Å². The number of ether oxygens (including phenoxy) is 1. The average Bonchev–Trinajstić information content (AvgIpc) is 2.82. The summed E-state index contributed by atoms with van der Waals surface area (Å²) in [6, 6.07) is 24.9. The minimum absolute atomic E-state index is 0.0395. The van der Waals surface area contributed by atoms with Crippen molar-refractivity contribution in [3.63, 3.8) is 0 Å². The Balaban J connectivity index is 1.76. The van der Waals surface area contributed by atoms with E-state index in [4.69, 9.17) is 4.74 Å². The van der Waals surface area contributed by atoms with Gasteiger partial charge in [-0.25, -0.2) is 4.79 Å². The monoisotopic (exact) mass is 428 g/mol. The third kappa shape index (κ3) is 4.37. The molecule has 0 saturated carbocycles. The van der Waals surface area contributed by atoms with Crippen LogP contribution in [-0.4, -0.2) is 16.1 Å². The molecular weight excluding hydrogens is 408 g/mol. The highest BCUT2D eigenvalue weighted by atomic mass is 16.6. The van der Waals surface area contributed by atoms with Crippen LogP contribution >= 0.6 is 0 Å². The molecule has 1 unspecified atom stereocenters. The zero-order valence-corrected chi connectivity index (χ0v) is 17.0. The van der Waals surface area contributed by atoms with Crippen LogP contribution in [0.2, 0.25) is 0 Å². The number of aromatic hydroxyl groups is 1. The van der Waals surface area contributed by atoms with Crippen LogP contribution in [0.3, 0.4) is 0 Å². The number of para-hydroxylation sites is 1. The lowest BCUT2D eigenvalue weighted by Crippen LogP contribution is -2.30. The maximum Gasteiger partial charge on any atom is 0.408 e. The fourth-order valence-corrected chi connectivity index (χ4v) is 3.67. The second-order valence-corrected chi connectivity index (χ2v) is 7.17.